The van der Waals surface area contributed by atoms with Crippen LogP contribution in [0.15, 0.2) is 35.7 Å². The Kier molecular flexibility index (Phi) is 6.54. The van der Waals surface area contributed by atoms with Gasteiger partial charge in [-0.05, 0) is 18.9 Å². The second kappa shape index (κ2) is 8.41. The maximum absolute atomic E-state index is 4.77. The van der Waals surface area contributed by atoms with Crippen molar-refractivity contribution >= 4 is 28.2 Å². The Morgan fingerprint density at radius 1 is 1.33 bits per heavy atom. The van der Waals surface area contributed by atoms with E-state index in [0.29, 0.717) is 6.04 Å². The van der Waals surface area contributed by atoms with Gasteiger partial charge in [0.1, 0.15) is 0 Å². The first-order chi connectivity index (χ1) is 10.2. The smallest absolute Gasteiger partial charge is 0.185 e. The predicted octanol–water partition coefficient (Wildman–Crippen LogP) is 3.45. The second-order valence-electron chi connectivity index (χ2n) is 4.99. The molecule has 0 radical (unpaired) electrons. The van der Waals surface area contributed by atoms with Crippen LogP contribution in [-0.2, 0) is 6.42 Å². The molecule has 2 aromatic rings. The lowest BCUT2D eigenvalue weighted by molar-refractivity contribution is 0.586. The predicted molar refractivity (Wildman–Crippen MR) is 95.7 cm³/mol. The molecule has 1 heterocycles. The molecule has 0 amide bonds. The van der Waals surface area contributed by atoms with Crippen LogP contribution >= 0.6 is 23.1 Å². The molecule has 0 aliphatic carbocycles. The van der Waals surface area contributed by atoms with Crippen LogP contribution < -0.4 is 10.2 Å². The Hall–Kier alpha value is -1.04. The quantitative estimate of drug-likeness (QED) is 0.806. The van der Waals surface area contributed by atoms with Crippen LogP contribution in [0.25, 0.3) is 0 Å². The Balaban J connectivity index is 2.01. The second-order valence-corrected chi connectivity index (χ2v) is 6.81. The van der Waals surface area contributed by atoms with Gasteiger partial charge in [0.05, 0.1) is 5.69 Å². The van der Waals surface area contributed by atoms with E-state index in [0.717, 1.165) is 29.5 Å². The van der Waals surface area contributed by atoms with Crippen molar-refractivity contribution < 1.29 is 0 Å². The number of likely N-dealkylation sites (N-methyl/N-ethyl adjacent to an activating group) is 1. The third-order valence-electron chi connectivity index (χ3n) is 3.46. The lowest BCUT2D eigenvalue weighted by atomic mass is 10.0. The van der Waals surface area contributed by atoms with Crippen LogP contribution in [0.5, 0.6) is 0 Å². The summed E-state index contributed by atoms with van der Waals surface area (Å²) in [5.74, 6) is 1.13. The summed E-state index contributed by atoms with van der Waals surface area (Å²) in [6.45, 7) is 1.04. The molecule has 1 unspecified atom stereocenters. The third-order valence-corrected chi connectivity index (χ3v) is 5.06. The van der Waals surface area contributed by atoms with Crippen LogP contribution in [0.2, 0.25) is 0 Å². The summed E-state index contributed by atoms with van der Waals surface area (Å²) < 4.78 is 0. The van der Waals surface area contributed by atoms with Crippen LogP contribution in [-0.4, -0.2) is 37.6 Å². The summed E-state index contributed by atoms with van der Waals surface area (Å²) in [5, 5.41) is 6.68. The molecule has 0 saturated heterocycles. The van der Waals surface area contributed by atoms with Crippen molar-refractivity contribution in [1.29, 1.82) is 0 Å². The van der Waals surface area contributed by atoms with E-state index in [4.69, 9.17) is 4.98 Å². The molecular weight excluding hydrogens is 298 g/mol. The molecule has 2 rings (SSSR count). The zero-order valence-corrected chi connectivity index (χ0v) is 14.5. The number of thioether (sulfide) groups is 1. The molecule has 1 aromatic carbocycles. The van der Waals surface area contributed by atoms with Gasteiger partial charge in [-0.2, -0.15) is 11.8 Å². The summed E-state index contributed by atoms with van der Waals surface area (Å²) >= 11 is 3.60. The van der Waals surface area contributed by atoms with Gasteiger partial charge in [0.25, 0.3) is 0 Å². The number of benzene rings is 1. The molecular formula is C16H23N3S2. The van der Waals surface area contributed by atoms with Crippen molar-refractivity contribution in [2.75, 3.05) is 37.5 Å². The van der Waals surface area contributed by atoms with Gasteiger partial charge < -0.3 is 10.2 Å². The molecule has 0 spiro atoms. The van der Waals surface area contributed by atoms with Crippen LogP contribution in [0, 0.1) is 0 Å². The molecule has 1 aromatic heterocycles. The van der Waals surface area contributed by atoms with E-state index < -0.39 is 0 Å². The van der Waals surface area contributed by atoms with Gasteiger partial charge in [0, 0.05) is 37.2 Å². The number of hydrogen-bond donors (Lipinski definition) is 1. The average molecular weight is 322 g/mol. The largest absolute Gasteiger partial charge is 0.350 e. The van der Waals surface area contributed by atoms with E-state index in [1.807, 2.05) is 18.8 Å². The van der Waals surface area contributed by atoms with Crippen molar-refractivity contribution in [3.8, 4) is 0 Å². The Morgan fingerprint density at radius 2 is 2.10 bits per heavy atom. The molecule has 0 bridgehead atoms. The first-order valence-corrected chi connectivity index (χ1v) is 9.38. The number of nitrogens with zero attached hydrogens (tertiary/aromatic N) is 2. The highest BCUT2D eigenvalue weighted by Crippen LogP contribution is 2.23. The molecule has 0 aliphatic heterocycles. The fraction of sp³-hybridized carbons (Fsp3) is 0.438. The number of rotatable bonds is 8. The van der Waals surface area contributed by atoms with Crippen LogP contribution in [0.3, 0.4) is 0 Å². The molecule has 0 aliphatic rings. The van der Waals surface area contributed by atoms with Crippen LogP contribution in [0.1, 0.15) is 17.3 Å². The number of thiazole rings is 1. The molecule has 1 N–H and O–H groups in total. The molecule has 21 heavy (non-hydrogen) atoms. The zero-order valence-electron chi connectivity index (χ0n) is 12.9. The topological polar surface area (TPSA) is 28.2 Å². The lowest BCUT2D eigenvalue weighted by Crippen LogP contribution is -2.21. The molecule has 0 saturated carbocycles. The average Bonchev–Trinajstić information content (AvgIpc) is 3.00. The van der Waals surface area contributed by atoms with E-state index in [-0.39, 0.29) is 0 Å². The maximum atomic E-state index is 4.77. The van der Waals surface area contributed by atoms with Gasteiger partial charge in [-0.25, -0.2) is 4.98 Å². The number of hydrogen-bond acceptors (Lipinski definition) is 5. The Labute approximate surface area is 135 Å². The minimum absolute atomic E-state index is 0.317. The summed E-state index contributed by atoms with van der Waals surface area (Å²) in [7, 11) is 4.13. The fourth-order valence-corrected chi connectivity index (χ4v) is 3.46. The van der Waals surface area contributed by atoms with Gasteiger partial charge in [0.2, 0.25) is 0 Å². The molecule has 3 nitrogen and oxygen atoms in total. The minimum Gasteiger partial charge on any atom is -0.350 e. The van der Waals surface area contributed by atoms with E-state index in [1.165, 1.54) is 5.56 Å². The van der Waals surface area contributed by atoms with E-state index in [9.17, 15) is 0 Å². The molecule has 0 fully saturated rings. The van der Waals surface area contributed by atoms with Gasteiger partial charge in [0.15, 0.2) is 5.13 Å². The Morgan fingerprint density at radius 3 is 2.76 bits per heavy atom. The maximum Gasteiger partial charge on any atom is 0.185 e. The highest BCUT2D eigenvalue weighted by Gasteiger charge is 2.13. The minimum atomic E-state index is 0.317. The molecule has 1 atom stereocenters. The van der Waals surface area contributed by atoms with Crippen LogP contribution in [0.4, 0.5) is 5.13 Å². The molecule has 5 heteroatoms. The first-order valence-electron chi connectivity index (χ1n) is 7.11. The number of anilines is 1. The number of nitrogens with one attached hydrogen (secondary N) is 1. The Bertz CT molecular complexity index is 527. The van der Waals surface area contributed by atoms with E-state index in [1.54, 1.807) is 11.3 Å². The van der Waals surface area contributed by atoms with Gasteiger partial charge >= 0.3 is 0 Å². The summed E-state index contributed by atoms with van der Waals surface area (Å²) in [6.07, 6.45) is 3.06. The van der Waals surface area contributed by atoms with Gasteiger partial charge in [-0.1, -0.05) is 30.3 Å². The highest BCUT2D eigenvalue weighted by atomic mass is 32.2. The third kappa shape index (κ3) is 4.73. The SMILES string of the molecule is CNC(Cc1csc(N(C)CCSC)n1)c1ccccc1. The van der Waals surface area contributed by atoms with Crippen molar-refractivity contribution in [1.82, 2.24) is 10.3 Å². The summed E-state index contributed by atoms with van der Waals surface area (Å²) in [5.41, 5.74) is 2.47. The zero-order chi connectivity index (χ0) is 15.1. The highest BCUT2D eigenvalue weighted by molar-refractivity contribution is 7.98. The number of aromatic nitrogens is 1. The monoisotopic (exact) mass is 321 g/mol. The summed E-state index contributed by atoms with van der Waals surface area (Å²) in [4.78, 5) is 7.01. The van der Waals surface area contributed by atoms with Gasteiger partial charge in [-0.3, -0.25) is 0 Å². The standard InChI is InChI=1S/C16H23N3S2/c1-17-15(13-7-5-4-6-8-13)11-14-12-21-16(18-14)19(2)9-10-20-3/h4-8,12,15,17H,9-11H2,1-3H3. The van der Waals surface area contributed by atoms with E-state index in [2.05, 4.69) is 59.2 Å². The van der Waals surface area contributed by atoms with Crippen molar-refractivity contribution in [3.05, 3.63) is 47.0 Å². The normalized spacial score (nSPS) is 12.3. The lowest BCUT2D eigenvalue weighted by Gasteiger charge is -2.16. The van der Waals surface area contributed by atoms with E-state index >= 15 is 0 Å². The molecule has 114 valence electrons. The van der Waals surface area contributed by atoms with Crippen molar-refractivity contribution in [2.24, 2.45) is 0 Å². The first kappa shape index (κ1) is 16.3. The van der Waals surface area contributed by atoms with Crippen molar-refractivity contribution in [2.45, 2.75) is 12.5 Å². The van der Waals surface area contributed by atoms with Crippen molar-refractivity contribution in [3.63, 3.8) is 0 Å². The van der Waals surface area contributed by atoms with Gasteiger partial charge in [-0.15, -0.1) is 11.3 Å². The summed E-state index contributed by atoms with van der Waals surface area (Å²) in [6, 6.07) is 10.9. The fourth-order valence-electron chi connectivity index (χ4n) is 2.17.